The van der Waals surface area contributed by atoms with Gasteiger partial charge in [-0.2, -0.15) is 5.26 Å². The Labute approximate surface area is 161 Å². The van der Waals surface area contributed by atoms with Crippen LogP contribution in [0.3, 0.4) is 0 Å². The van der Waals surface area contributed by atoms with Crippen molar-refractivity contribution in [2.45, 2.75) is 25.9 Å². The molecule has 0 fully saturated rings. The Balaban J connectivity index is 1.88. The van der Waals surface area contributed by atoms with E-state index in [-0.39, 0.29) is 6.42 Å². The Bertz CT molecular complexity index is 834. The first-order valence-electron chi connectivity index (χ1n) is 8.16. The van der Waals surface area contributed by atoms with Crippen LogP contribution in [0.4, 0.5) is 5.00 Å². The number of ether oxygens (including phenoxy) is 3. The van der Waals surface area contributed by atoms with E-state index in [1.54, 1.807) is 31.7 Å². The van der Waals surface area contributed by atoms with Crippen LogP contribution < -0.4 is 14.8 Å². The summed E-state index contributed by atoms with van der Waals surface area (Å²) in [6.45, 7) is 1.49. The highest BCUT2D eigenvalue weighted by Gasteiger charge is 2.19. The van der Waals surface area contributed by atoms with Crippen LogP contribution in [-0.4, -0.2) is 32.2 Å². The molecule has 1 aromatic heterocycles. The number of carbonyl (C=O) groups is 2. The summed E-state index contributed by atoms with van der Waals surface area (Å²) >= 11 is 1.23. The Morgan fingerprint density at radius 2 is 1.89 bits per heavy atom. The number of hydrogen-bond donors (Lipinski definition) is 1. The summed E-state index contributed by atoms with van der Waals surface area (Å²) in [6, 6.07) is 8.96. The van der Waals surface area contributed by atoms with Gasteiger partial charge in [0.25, 0.3) is 5.91 Å². The van der Waals surface area contributed by atoms with E-state index >= 15 is 0 Å². The molecule has 1 N–H and O–H groups in total. The van der Waals surface area contributed by atoms with Crippen molar-refractivity contribution in [3.8, 4) is 17.6 Å². The van der Waals surface area contributed by atoms with Gasteiger partial charge >= 0.3 is 5.97 Å². The lowest BCUT2D eigenvalue weighted by Crippen LogP contribution is -2.30. The molecule has 7 nitrogen and oxygen atoms in total. The van der Waals surface area contributed by atoms with Crippen LogP contribution in [-0.2, 0) is 20.7 Å². The summed E-state index contributed by atoms with van der Waals surface area (Å²) < 4.78 is 15.6. The van der Waals surface area contributed by atoms with Crippen LogP contribution in [0.1, 0.15) is 24.5 Å². The third kappa shape index (κ3) is 5.72. The van der Waals surface area contributed by atoms with Gasteiger partial charge in [0.05, 0.1) is 19.8 Å². The van der Waals surface area contributed by atoms with Gasteiger partial charge in [-0.25, -0.2) is 0 Å². The lowest BCUT2D eigenvalue weighted by molar-refractivity contribution is -0.153. The number of amides is 1. The molecule has 142 valence electrons. The van der Waals surface area contributed by atoms with Crippen molar-refractivity contribution in [2.75, 3.05) is 19.5 Å². The highest BCUT2D eigenvalue weighted by atomic mass is 32.1. The second kappa shape index (κ2) is 9.59. The van der Waals surface area contributed by atoms with Crippen LogP contribution in [0.15, 0.2) is 29.6 Å². The largest absolute Gasteiger partial charge is 0.497 e. The van der Waals surface area contributed by atoms with E-state index in [0.29, 0.717) is 28.5 Å². The average Bonchev–Trinajstić information content (AvgIpc) is 3.12. The first-order chi connectivity index (χ1) is 13.0. The van der Waals surface area contributed by atoms with E-state index in [4.69, 9.17) is 19.5 Å². The van der Waals surface area contributed by atoms with Crippen molar-refractivity contribution in [1.29, 1.82) is 5.26 Å². The van der Waals surface area contributed by atoms with Gasteiger partial charge in [0.2, 0.25) is 0 Å². The number of thiophene rings is 1. The molecule has 0 aliphatic heterocycles. The van der Waals surface area contributed by atoms with Crippen LogP contribution in [0, 0.1) is 11.3 Å². The lowest BCUT2D eigenvalue weighted by Gasteiger charge is -2.13. The Kier molecular flexibility index (Phi) is 7.20. The smallest absolute Gasteiger partial charge is 0.306 e. The highest BCUT2D eigenvalue weighted by molar-refractivity contribution is 7.14. The molecule has 0 aliphatic rings. The third-order valence-corrected chi connectivity index (χ3v) is 4.56. The quantitative estimate of drug-likeness (QED) is 0.698. The summed E-state index contributed by atoms with van der Waals surface area (Å²) in [7, 11) is 3.11. The van der Waals surface area contributed by atoms with Crippen molar-refractivity contribution >= 4 is 28.2 Å². The van der Waals surface area contributed by atoms with Crippen LogP contribution in [0.5, 0.6) is 11.5 Å². The molecular formula is C19H20N2O5S. The summed E-state index contributed by atoms with van der Waals surface area (Å²) in [5.74, 6) is 0.292. The minimum atomic E-state index is -0.967. The molecule has 0 saturated heterocycles. The number of benzene rings is 1. The maximum absolute atomic E-state index is 12.1. The number of hydrogen-bond acceptors (Lipinski definition) is 7. The first-order valence-corrected chi connectivity index (χ1v) is 9.04. The van der Waals surface area contributed by atoms with Crippen molar-refractivity contribution in [3.63, 3.8) is 0 Å². The number of rotatable bonds is 8. The molecule has 27 heavy (non-hydrogen) atoms. The molecule has 0 saturated carbocycles. The number of aryl methyl sites for hydroxylation is 1. The van der Waals surface area contributed by atoms with Crippen molar-refractivity contribution in [3.05, 3.63) is 40.8 Å². The first kappa shape index (κ1) is 20.3. The fourth-order valence-corrected chi connectivity index (χ4v) is 3.01. The molecule has 0 bridgehead atoms. The summed E-state index contributed by atoms with van der Waals surface area (Å²) in [5, 5.41) is 13.7. The molecule has 1 amide bonds. The third-order valence-electron chi connectivity index (χ3n) is 3.73. The van der Waals surface area contributed by atoms with Crippen molar-refractivity contribution in [2.24, 2.45) is 0 Å². The zero-order valence-corrected chi connectivity index (χ0v) is 16.1. The van der Waals surface area contributed by atoms with E-state index in [1.165, 1.54) is 18.3 Å². The SMILES string of the molecule is COc1cc(CCC(=O)O[C@H](C)C(=O)Nc2sccc2C#N)cc(OC)c1. The van der Waals surface area contributed by atoms with Gasteiger partial charge < -0.3 is 19.5 Å². The predicted molar refractivity (Wildman–Crippen MR) is 101 cm³/mol. The predicted octanol–water partition coefficient (Wildman–Crippen LogP) is 3.14. The minimum Gasteiger partial charge on any atom is -0.497 e. The number of anilines is 1. The number of nitrogens with zero attached hydrogens (tertiary/aromatic N) is 1. The second-order valence-electron chi connectivity index (χ2n) is 5.62. The van der Waals surface area contributed by atoms with Gasteiger partial charge in [0.15, 0.2) is 6.10 Å². The van der Waals surface area contributed by atoms with E-state index in [1.807, 2.05) is 18.2 Å². The standard InChI is InChI=1S/C19H20N2O5S/c1-12(18(23)21-19-14(11-20)6-7-27-19)26-17(22)5-4-13-8-15(24-2)10-16(9-13)25-3/h6-10,12H,4-5H2,1-3H3,(H,21,23)/t12-/m1/s1. The molecule has 2 aromatic rings. The zero-order chi connectivity index (χ0) is 19.8. The van der Waals surface area contributed by atoms with Crippen molar-refractivity contribution in [1.82, 2.24) is 0 Å². The molecule has 0 spiro atoms. The minimum absolute atomic E-state index is 0.108. The fourth-order valence-electron chi connectivity index (χ4n) is 2.27. The van der Waals surface area contributed by atoms with E-state index in [2.05, 4.69) is 5.32 Å². The normalized spacial score (nSPS) is 11.2. The van der Waals surface area contributed by atoms with Gasteiger partial charge in [-0.05, 0) is 42.5 Å². The van der Waals surface area contributed by atoms with Gasteiger partial charge in [0, 0.05) is 12.5 Å². The number of nitriles is 1. The average molecular weight is 388 g/mol. The maximum Gasteiger partial charge on any atom is 0.306 e. The van der Waals surface area contributed by atoms with E-state index < -0.39 is 18.0 Å². The molecular weight excluding hydrogens is 368 g/mol. The Hall–Kier alpha value is -3.05. The summed E-state index contributed by atoms with van der Waals surface area (Å²) in [5.41, 5.74) is 1.23. The van der Waals surface area contributed by atoms with E-state index in [0.717, 1.165) is 5.56 Å². The van der Waals surface area contributed by atoms with Gasteiger partial charge in [-0.3, -0.25) is 9.59 Å². The van der Waals surface area contributed by atoms with Gasteiger partial charge in [0.1, 0.15) is 22.6 Å². The zero-order valence-electron chi connectivity index (χ0n) is 15.3. The number of carbonyl (C=O) groups excluding carboxylic acids is 2. The summed E-state index contributed by atoms with van der Waals surface area (Å²) in [4.78, 5) is 24.2. The van der Waals surface area contributed by atoms with Crippen LogP contribution >= 0.6 is 11.3 Å². The highest BCUT2D eigenvalue weighted by Crippen LogP contribution is 2.24. The number of methoxy groups -OCH3 is 2. The topological polar surface area (TPSA) is 97.6 Å². The van der Waals surface area contributed by atoms with Crippen molar-refractivity contribution < 1.29 is 23.8 Å². The molecule has 1 atom stereocenters. The van der Waals surface area contributed by atoms with Crippen LogP contribution in [0.2, 0.25) is 0 Å². The lowest BCUT2D eigenvalue weighted by atomic mass is 10.1. The maximum atomic E-state index is 12.1. The van der Waals surface area contributed by atoms with Gasteiger partial charge in [-0.15, -0.1) is 11.3 Å². The van der Waals surface area contributed by atoms with Crippen LogP contribution in [0.25, 0.3) is 0 Å². The molecule has 0 aliphatic carbocycles. The molecule has 8 heteroatoms. The second-order valence-corrected chi connectivity index (χ2v) is 6.53. The summed E-state index contributed by atoms with van der Waals surface area (Å²) in [6.07, 6.45) is -0.438. The molecule has 0 unspecified atom stereocenters. The number of nitrogens with one attached hydrogen (secondary N) is 1. The Morgan fingerprint density at radius 3 is 2.48 bits per heavy atom. The Morgan fingerprint density at radius 1 is 1.22 bits per heavy atom. The van der Waals surface area contributed by atoms with E-state index in [9.17, 15) is 9.59 Å². The number of esters is 1. The monoisotopic (exact) mass is 388 g/mol. The molecule has 1 heterocycles. The van der Waals surface area contributed by atoms with Gasteiger partial charge in [-0.1, -0.05) is 0 Å². The molecule has 1 aromatic carbocycles. The molecule has 0 radical (unpaired) electrons. The molecule has 2 rings (SSSR count). The fraction of sp³-hybridized carbons (Fsp3) is 0.316.